The number of fused-ring (bicyclic) bond motifs is 1. The van der Waals surface area contributed by atoms with Crippen molar-refractivity contribution in [3.05, 3.63) is 46.6 Å². The Kier molecular flexibility index (Phi) is 3.74. The number of carbonyl (C=O) groups is 1. The highest BCUT2D eigenvalue weighted by Gasteiger charge is 2.21. The Labute approximate surface area is 133 Å². The molecule has 5 heteroatoms. The van der Waals surface area contributed by atoms with E-state index in [1.165, 1.54) is 16.9 Å². The zero-order valence-electron chi connectivity index (χ0n) is 12.8. The van der Waals surface area contributed by atoms with E-state index in [9.17, 15) is 9.90 Å². The first-order valence-electron chi connectivity index (χ1n) is 7.35. The molecule has 1 aromatic carbocycles. The second kappa shape index (κ2) is 5.57. The Morgan fingerprint density at radius 3 is 2.55 bits per heavy atom. The van der Waals surface area contributed by atoms with Gasteiger partial charge in [0.2, 0.25) is 0 Å². The van der Waals surface area contributed by atoms with Crippen LogP contribution >= 0.6 is 11.3 Å². The van der Waals surface area contributed by atoms with Crippen LogP contribution in [-0.4, -0.2) is 20.5 Å². The highest BCUT2D eigenvalue weighted by molar-refractivity contribution is 7.15. The van der Waals surface area contributed by atoms with Gasteiger partial charge in [-0.15, -0.1) is 11.3 Å². The van der Waals surface area contributed by atoms with E-state index in [1.807, 2.05) is 24.4 Å². The summed E-state index contributed by atoms with van der Waals surface area (Å²) >= 11 is 1.48. The molecule has 0 aliphatic heterocycles. The van der Waals surface area contributed by atoms with E-state index in [-0.39, 0.29) is 5.69 Å². The highest BCUT2D eigenvalue weighted by atomic mass is 32.1. The number of aromatic nitrogens is 2. The number of benzene rings is 1. The zero-order valence-corrected chi connectivity index (χ0v) is 13.6. The minimum Gasteiger partial charge on any atom is -0.477 e. The number of imidazole rings is 1. The van der Waals surface area contributed by atoms with Crippen LogP contribution in [0.1, 0.15) is 48.4 Å². The van der Waals surface area contributed by atoms with E-state index in [4.69, 9.17) is 0 Å². The Morgan fingerprint density at radius 1 is 1.32 bits per heavy atom. The van der Waals surface area contributed by atoms with Crippen molar-refractivity contribution in [2.75, 3.05) is 0 Å². The summed E-state index contributed by atoms with van der Waals surface area (Å²) in [6.45, 7) is 6.24. The zero-order chi connectivity index (χ0) is 15.9. The lowest BCUT2D eigenvalue weighted by Crippen LogP contribution is -2.05. The second-order valence-electron chi connectivity index (χ2n) is 5.58. The molecule has 0 bridgehead atoms. The Balaban J connectivity index is 2.18. The number of aryl methyl sites for hydroxylation is 1. The first kappa shape index (κ1) is 14.8. The topological polar surface area (TPSA) is 54.6 Å². The third-order valence-electron chi connectivity index (χ3n) is 3.85. The average Bonchev–Trinajstić information content (AvgIpc) is 3.05. The standard InChI is InChI=1S/C17H18N2O2S/c1-4-13-15(16(20)21)19-14(9-22-17(19)18-13)12-7-5-11(6-8-12)10(2)3/h5-10H,4H2,1-3H3,(H,20,21). The first-order chi connectivity index (χ1) is 10.5. The predicted octanol–water partition coefficient (Wildman–Crippen LogP) is 4.45. The van der Waals surface area contributed by atoms with Crippen molar-refractivity contribution in [2.45, 2.75) is 33.1 Å². The predicted molar refractivity (Wildman–Crippen MR) is 88.9 cm³/mol. The molecule has 22 heavy (non-hydrogen) atoms. The van der Waals surface area contributed by atoms with Crippen molar-refractivity contribution in [2.24, 2.45) is 0 Å². The lowest BCUT2D eigenvalue weighted by Gasteiger charge is -2.07. The summed E-state index contributed by atoms with van der Waals surface area (Å²) in [6.07, 6.45) is 0.613. The number of nitrogens with zero attached hydrogens (tertiary/aromatic N) is 2. The molecule has 3 aromatic rings. The van der Waals surface area contributed by atoms with E-state index in [0.717, 1.165) is 16.2 Å². The highest BCUT2D eigenvalue weighted by Crippen LogP contribution is 2.30. The van der Waals surface area contributed by atoms with Gasteiger partial charge in [-0.1, -0.05) is 45.0 Å². The number of rotatable bonds is 4. The summed E-state index contributed by atoms with van der Waals surface area (Å²) in [6, 6.07) is 8.30. The maximum absolute atomic E-state index is 11.6. The van der Waals surface area contributed by atoms with Crippen LogP contribution in [0.4, 0.5) is 0 Å². The summed E-state index contributed by atoms with van der Waals surface area (Å²) in [5.74, 6) is -0.450. The van der Waals surface area contributed by atoms with Crippen LogP contribution in [0, 0.1) is 0 Å². The van der Waals surface area contributed by atoms with Crippen LogP contribution < -0.4 is 0 Å². The molecule has 3 rings (SSSR count). The van der Waals surface area contributed by atoms with E-state index in [0.29, 0.717) is 18.0 Å². The van der Waals surface area contributed by atoms with Gasteiger partial charge in [-0.25, -0.2) is 9.78 Å². The molecule has 2 aromatic heterocycles. The summed E-state index contributed by atoms with van der Waals surface area (Å²) < 4.78 is 1.76. The van der Waals surface area contributed by atoms with Crippen molar-refractivity contribution < 1.29 is 9.90 Å². The largest absolute Gasteiger partial charge is 0.477 e. The molecule has 0 spiro atoms. The van der Waals surface area contributed by atoms with Gasteiger partial charge in [-0.05, 0) is 23.5 Å². The third-order valence-corrected chi connectivity index (χ3v) is 4.67. The lowest BCUT2D eigenvalue weighted by molar-refractivity contribution is 0.0688. The van der Waals surface area contributed by atoms with Crippen LogP contribution in [0.3, 0.4) is 0 Å². The molecule has 0 fully saturated rings. The van der Waals surface area contributed by atoms with Crippen molar-refractivity contribution in [1.82, 2.24) is 9.38 Å². The van der Waals surface area contributed by atoms with Crippen LogP contribution in [0.5, 0.6) is 0 Å². The van der Waals surface area contributed by atoms with Crippen molar-refractivity contribution in [1.29, 1.82) is 0 Å². The third kappa shape index (κ3) is 2.31. The van der Waals surface area contributed by atoms with Gasteiger partial charge in [0.1, 0.15) is 0 Å². The molecule has 0 saturated carbocycles. The van der Waals surface area contributed by atoms with Gasteiger partial charge in [-0.3, -0.25) is 4.40 Å². The van der Waals surface area contributed by atoms with Gasteiger partial charge >= 0.3 is 5.97 Å². The summed E-state index contributed by atoms with van der Waals surface area (Å²) in [4.78, 5) is 16.8. The Bertz CT molecular complexity index is 828. The monoisotopic (exact) mass is 314 g/mol. The molecule has 0 aliphatic rings. The maximum atomic E-state index is 11.6. The van der Waals surface area contributed by atoms with Crippen LogP contribution in [0.15, 0.2) is 29.6 Å². The van der Waals surface area contributed by atoms with Crippen molar-refractivity contribution in [3.63, 3.8) is 0 Å². The Morgan fingerprint density at radius 2 is 2.00 bits per heavy atom. The molecule has 0 amide bonds. The SMILES string of the molecule is CCc1nc2scc(-c3ccc(C(C)C)cc3)n2c1C(=O)O. The molecule has 2 heterocycles. The van der Waals surface area contributed by atoms with Gasteiger partial charge < -0.3 is 5.11 Å². The van der Waals surface area contributed by atoms with E-state index >= 15 is 0 Å². The fraction of sp³-hybridized carbons (Fsp3) is 0.294. The van der Waals surface area contributed by atoms with Gasteiger partial charge in [-0.2, -0.15) is 0 Å². The fourth-order valence-electron chi connectivity index (χ4n) is 2.61. The number of hydrogen-bond donors (Lipinski definition) is 1. The minimum atomic E-state index is -0.928. The number of hydrogen-bond acceptors (Lipinski definition) is 3. The normalized spacial score (nSPS) is 11.5. The van der Waals surface area contributed by atoms with Gasteiger partial charge in [0, 0.05) is 5.38 Å². The minimum absolute atomic E-state index is 0.279. The van der Waals surface area contributed by atoms with Gasteiger partial charge in [0.15, 0.2) is 10.7 Å². The summed E-state index contributed by atoms with van der Waals surface area (Å²) in [7, 11) is 0. The molecule has 0 aliphatic carbocycles. The van der Waals surface area contributed by atoms with Gasteiger partial charge in [0.05, 0.1) is 11.4 Å². The average molecular weight is 314 g/mol. The number of carboxylic acids is 1. The molecule has 0 saturated heterocycles. The molecule has 0 unspecified atom stereocenters. The first-order valence-corrected chi connectivity index (χ1v) is 8.23. The molecule has 0 radical (unpaired) electrons. The van der Waals surface area contributed by atoms with Gasteiger partial charge in [0.25, 0.3) is 0 Å². The second-order valence-corrected chi connectivity index (χ2v) is 6.42. The van der Waals surface area contributed by atoms with Crippen LogP contribution in [0.2, 0.25) is 0 Å². The lowest BCUT2D eigenvalue weighted by atomic mass is 10.0. The van der Waals surface area contributed by atoms with Crippen LogP contribution in [-0.2, 0) is 6.42 Å². The molecular weight excluding hydrogens is 296 g/mol. The van der Waals surface area contributed by atoms with Crippen LogP contribution in [0.25, 0.3) is 16.2 Å². The number of aromatic carboxylic acids is 1. The summed E-state index contributed by atoms with van der Waals surface area (Å²) in [5.41, 5.74) is 4.09. The van der Waals surface area contributed by atoms with E-state index in [1.54, 1.807) is 4.40 Å². The quantitative estimate of drug-likeness (QED) is 0.774. The smallest absolute Gasteiger partial charge is 0.354 e. The van der Waals surface area contributed by atoms with E-state index in [2.05, 4.69) is 31.0 Å². The Hall–Kier alpha value is -2.14. The molecule has 0 atom stereocenters. The van der Waals surface area contributed by atoms with Crippen molar-refractivity contribution >= 4 is 22.3 Å². The van der Waals surface area contributed by atoms with E-state index < -0.39 is 5.97 Å². The molecule has 114 valence electrons. The van der Waals surface area contributed by atoms with Crippen molar-refractivity contribution in [3.8, 4) is 11.3 Å². The molecule has 4 nitrogen and oxygen atoms in total. The fourth-order valence-corrected chi connectivity index (χ4v) is 3.52. The number of thiazole rings is 1. The molecule has 1 N–H and O–H groups in total. The number of carboxylic acid groups (broad SMARTS) is 1. The molecular formula is C17H18N2O2S. The summed E-state index contributed by atoms with van der Waals surface area (Å²) in [5, 5.41) is 11.5. The maximum Gasteiger partial charge on any atom is 0.354 e.